The fourth-order valence-electron chi connectivity index (χ4n) is 1.54. The predicted octanol–water partition coefficient (Wildman–Crippen LogP) is -0.727. The molecule has 0 saturated carbocycles. The normalized spacial score (nSPS) is 34.9. The quantitative estimate of drug-likeness (QED) is 0.394. The first-order valence-corrected chi connectivity index (χ1v) is 6.55. The van der Waals surface area contributed by atoms with Crippen LogP contribution in [0.3, 0.4) is 0 Å². The molecule has 1 saturated heterocycles. The van der Waals surface area contributed by atoms with E-state index in [9.17, 15) is 10.2 Å². The zero-order chi connectivity index (χ0) is 12.8. The fraction of sp³-hybridized carbons (Fsp3) is 0.900. The molecule has 17 heavy (non-hydrogen) atoms. The summed E-state index contributed by atoms with van der Waals surface area (Å²) in [6.45, 7) is 2.32. The summed E-state index contributed by atoms with van der Waals surface area (Å²) in [4.78, 5) is 4.10. The van der Waals surface area contributed by atoms with E-state index in [2.05, 4.69) is 4.99 Å². The van der Waals surface area contributed by atoms with Crippen molar-refractivity contribution in [3.05, 3.63) is 0 Å². The third-order valence-corrected chi connectivity index (χ3v) is 3.40. The van der Waals surface area contributed by atoms with Crippen LogP contribution < -0.4 is 5.73 Å². The van der Waals surface area contributed by atoms with Crippen LogP contribution in [0.5, 0.6) is 0 Å². The number of aliphatic imine (C=N–C) groups is 1. The average Bonchev–Trinajstić information content (AvgIpc) is 2.31. The van der Waals surface area contributed by atoms with Gasteiger partial charge in [0, 0.05) is 13.0 Å². The van der Waals surface area contributed by atoms with Gasteiger partial charge in [0.1, 0.15) is 17.6 Å². The van der Waals surface area contributed by atoms with Crippen LogP contribution in [0.15, 0.2) is 4.99 Å². The maximum Gasteiger partial charge on any atom is 0.156 e. The molecule has 0 aromatic heterocycles. The van der Waals surface area contributed by atoms with Gasteiger partial charge in [-0.2, -0.15) is 0 Å². The number of hydrogen-bond acceptors (Lipinski definition) is 6. The van der Waals surface area contributed by atoms with Gasteiger partial charge in [-0.25, -0.2) is 0 Å². The minimum absolute atomic E-state index is 0.269. The van der Waals surface area contributed by atoms with Crippen LogP contribution in [0.1, 0.15) is 19.8 Å². The minimum Gasteiger partial charge on any atom is -0.394 e. The molecule has 1 heterocycles. The Morgan fingerprint density at radius 1 is 1.53 bits per heavy atom. The lowest BCUT2D eigenvalue weighted by Crippen LogP contribution is -2.49. The Bertz CT molecular complexity index is 265. The van der Waals surface area contributed by atoms with Crippen molar-refractivity contribution in [3.63, 3.8) is 0 Å². The summed E-state index contributed by atoms with van der Waals surface area (Å²) >= 11 is 1.21. The van der Waals surface area contributed by atoms with Gasteiger partial charge in [-0.3, -0.25) is 4.99 Å². The Kier molecular flexibility index (Phi) is 6.21. The Labute approximate surface area is 105 Å². The van der Waals surface area contributed by atoms with Gasteiger partial charge < -0.3 is 25.8 Å². The molecule has 1 rings (SSSR count). The summed E-state index contributed by atoms with van der Waals surface area (Å²) < 4.78 is 5.41. The molecular weight excluding hydrogens is 244 g/mol. The number of aliphatic hydroxyl groups is 3. The number of hydrogen-bond donors (Lipinski definition) is 4. The summed E-state index contributed by atoms with van der Waals surface area (Å²) in [5.41, 5.74) is 5.30. The van der Waals surface area contributed by atoms with E-state index in [0.717, 1.165) is 6.42 Å². The number of ether oxygens (including phenoxy) is 1. The van der Waals surface area contributed by atoms with Crippen LogP contribution in [0.4, 0.5) is 0 Å². The van der Waals surface area contributed by atoms with Gasteiger partial charge in [0.15, 0.2) is 5.17 Å². The minimum atomic E-state index is -1.05. The molecule has 1 fully saturated rings. The maximum atomic E-state index is 9.60. The van der Waals surface area contributed by atoms with Gasteiger partial charge in [0.2, 0.25) is 0 Å². The zero-order valence-electron chi connectivity index (χ0n) is 9.82. The fourth-order valence-corrected chi connectivity index (χ4v) is 2.46. The summed E-state index contributed by atoms with van der Waals surface area (Å²) in [7, 11) is 0. The van der Waals surface area contributed by atoms with Crippen molar-refractivity contribution >= 4 is 16.9 Å². The molecule has 0 aromatic carbocycles. The first-order valence-electron chi connectivity index (χ1n) is 5.67. The molecule has 0 radical (unpaired) electrons. The van der Waals surface area contributed by atoms with Crippen LogP contribution in [0.2, 0.25) is 0 Å². The highest BCUT2D eigenvalue weighted by Gasteiger charge is 2.36. The van der Waals surface area contributed by atoms with Crippen molar-refractivity contribution in [3.8, 4) is 0 Å². The molecule has 0 amide bonds. The second-order valence-corrected chi connectivity index (χ2v) is 5.10. The van der Waals surface area contributed by atoms with Gasteiger partial charge in [0.25, 0.3) is 0 Å². The molecule has 0 aliphatic carbocycles. The molecule has 0 spiro atoms. The average molecular weight is 264 g/mol. The number of nitrogens with zero attached hydrogens (tertiary/aromatic N) is 1. The van der Waals surface area contributed by atoms with E-state index >= 15 is 0 Å². The lowest BCUT2D eigenvalue weighted by atomic mass is 10.0. The molecule has 4 unspecified atom stereocenters. The molecule has 0 aromatic rings. The number of rotatable bonds is 4. The standard InChI is InChI=1S/C10H20N2O4S/c1-2-3-12-10(11)17-8-4-6(14)9(15)7(5-13)16-8/h6-9,13-15H,2-5H2,1H3,(H2,11,12). The van der Waals surface area contributed by atoms with E-state index in [1.807, 2.05) is 6.92 Å². The van der Waals surface area contributed by atoms with E-state index in [1.54, 1.807) is 0 Å². The highest BCUT2D eigenvalue weighted by Crippen LogP contribution is 2.27. The SMILES string of the molecule is CCCN=C(N)SC1CC(O)C(O)C(CO)O1. The van der Waals surface area contributed by atoms with Crippen molar-refractivity contribution in [2.75, 3.05) is 13.2 Å². The lowest BCUT2D eigenvalue weighted by molar-refractivity contribution is -0.156. The van der Waals surface area contributed by atoms with Crippen molar-refractivity contribution in [2.24, 2.45) is 10.7 Å². The van der Waals surface area contributed by atoms with Crippen LogP contribution in [0, 0.1) is 0 Å². The van der Waals surface area contributed by atoms with Crippen LogP contribution >= 0.6 is 11.8 Å². The molecule has 1 aliphatic rings. The molecule has 6 nitrogen and oxygen atoms in total. The zero-order valence-corrected chi connectivity index (χ0v) is 10.6. The summed E-state index contributed by atoms with van der Waals surface area (Å²) in [6.07, 6.45) is -1.55. The monoisotopic (exact) mass is 264 g/mol. The van der Waals surface area contributed by atoms with Gasteiger partial charge >= 0.3 is 0 Å². The molecule has 100 valence electrons. The molecule has 7 heteroatoms. The largest absolute Gasteiger partial charge is 0.394 e. The Morgan fingerprint density at radius 3 is 2.82 bits per heavy atom. The highest BCUT2D eigenvalue weighted by atomic mass is 32.2. The van der Waals surface area contributed by atoms with Gasteiger partial charge in [-0.05, 0) is 6.42 Å². The third-order valence-electron chi connectivity index (χ3n) is 2.46. The number of thioether (sulfide) groups is 1. The topological polar surface area (TPSA) is 108 Å². The van der Waals surface area contributed by atoms with E-state index < -0.39 is 18.3 Å². The third kappa shape index (κ3) is 4.44. The molecule has 0 bridgehead atoms. The van der Waals surface area contributed by atoms with Crippen molar-refractivity contribution in [1.29, 1.82) is 0 Å². The van der Waals surface area contributed by atoms with Gasteiger partial charge in [-0.1, -0.05) is 18.7 Å². The predicted molar refractivity (Wildman–Crippen MR) is 66.7 cm³/mol. The van der Waals surface area contributed by atoms with Gasteiger partial charge in [0.05, 0.1) is 12.7 Å². The molecule has 1 aliphatic heterocycles. The first-order chi connectivity index (χ1) is 8.08. The Hall–Kier alpha value is -0.340. The van der Waals surface area contributed by atoms with Crippen LogP contribution in [-0.4, -0.2) is 57.4 Å². The highest BCUT2D eigenvalue weighted by molar-refractivity contribution is 8.14. The van der Waals surface area contributed by atoms with E-state index in [4.69, 9.17) is 15.6 Å². The number of nitrogens with two attached hydrogens (primary N) is 1. The van der Waals surface area contributed by atoms with Crippen molar-refractivity contribution in [2.45, 2.75) is 43.5 Å². The van der Waals surface area contributed by atoms with E-state index in [0.29, 0.717) is 11.7 Å². The number of aliphatic hydroxyl groups excluding tert-OH is 3. The summed E-state index contributed by atoms with van der Waals surface area (Å²) in [5.74, 6) is 0. The van der Waals surface area contributed by atoms with Crippen LogP contribution in [-0.2, 0) is 4.74 Å². The molecule has 5 N–H and O–H groups in total. The second-order valence-electron chi connectivity index (χ2n) is 3.92. The Morgan fingerprint density at radius 2 is 2.24 bits per heavy atom. The Balaban J connectivity index is 2.49. The summed E-state index contributed by atoms with van der Waals surface area (Å²) in [6, 6.07) is 0. The van der Waals surface area contributed by atoms with E-state index in [1.165, 1.54) is 11.8 Å². The van der Waals surface area contributed by atoms with E-state index in [-0.39, 0.29) is 18.5 Å². The number of amidine groups is 1. The smallest absolute Gasteiger partial charge is 0.156 e. The maximum absolute atomic E-state index is 9.60. The molecular formula is C10H20N2O4S. The van der Waals surface area contributed by atoms with Gasteiger partial charge in [-0.15, -0.1) is 0 Å². The molecule has 4 atom stereocenters. The first kappa shape index (κ1) is 14.7. The van der Waals surface area contributed by atoms with Crippen LogP contribution in [0.25, 0.3) is 0 Å². The lowest BCUT2D eigenvalue weighted by Gasteiger charge is -2.35. The van der Waals surface area contributed by atoms with Crippen molar-refractivity contribution < 1.29 is 20.1 Å². The second kappa shape index (κ2) is 7.17. The van der Waals surface area contributed by atoms with Crippen molar-refractivity contribution in [1.82, 2.24) is 0 Å². The summed E-state index contributed by atoms with van der Waals surface area (Å²) in [5, 5.41) is 28.5.